The van der Waals surface area contributed by atoms with E-state index in [0.29, 0.717) is 0 Å². The topological polar surface area (TPSA) is 72.6 Å². The molecule has 0 bridgehead atoms. The van der Waals surface area contributed by atoms with Gasteiger partial charge in [0.05, 0.1) is 5.69 Å². The second-order valence-corrected chi connectivity index (χ2v) is 2.99. The third-order valence-electron chi connectivity index (χ3n) is 1.67. The van der Waals surface area contributed by atoms with E-state index in [2.05, 4.69) is 4.84 Å². The van der Waals surface area contributed by atoms with Gasteiger partial charge in [0, 0.05) is 0 Å². The molecule has 9 heteroatoms. The number of halogens is 4. The molecule has 0 aliphatic heterocycles. The predicted octanol–water partition coefficient (Wildman–Crippen LogP) is 1.73. The molecular weight excluding hydrogens is 260 g/mol. The molecule has 0 aliphatic carbocycles. The maximum atomic E-state index is 12.6. The van der Waals surface area contributed by atoms with Crippen molar-refractivity contribution >= 4 is 17.7 Å². The summed E-state index contributed by atoms with van der Waals surface area (Å²) in [6, 6.07) is 2.09. The smallest absolute Gasteiger partial charge is 0.349 e. The van der Waals surface area contributed by atoms with Crippen molar-refractivity contribution in [3.05, 3.63) is 30.1 Å². The fraction of sp³-hybridized carbons (Fsp3) is 0.111. The van der Waals surface area contributed by atoms with Crippen molar-refractivity contribution in [1.82, 2.24) is 0 Å². The Bertz CT molecular complexity index is 458. The Morgan fingerprint density at radius 3 is 2.06 bits per heavy atom. The monoisotopic (exact) mass is 266 g/mol. The fourth-order valence-corrected chi connectivity index (χ4v) is 0.936. The molecule has 98 valence electrons. The van der Waals surface area contributed by atoms with Gasteiger partial charge in [0.15, 0.2) is 0 Å². The zero-order valence-corrected chi connectivity index (χ0v) is 8.57. The summed E-state index contributed by atoms with van der Waals surface area (Å²) >= 11 is 0. The lowest BCUT2D eigenvalue weighted by atomic mass is 10.3. The van der Waals surface area contributed by atoms with Gasteiger partial charge in [0.1, 0.15) is 5.82 Å². The molecule has 0 saturated carbocycles. The molecule has 0 aliphatic rings. The number of hydrogen-bond acceptors (Lipinski definition) is 3. The van der Waals surface area contributed by atoms with Crippen LogP contribution in [-0.4, -0.2) is 18.2 Å². The maximum Gasteiger partial charge on any atom is 0.493 e. The van der Waals surface area contributed by atoms with Crippen LogP contribution in [0.25, 0.3) is 0 Å². The molecule has 1 aromatic rings. The van der Waals surface area contributed by atoms with Gasteiger partial charge in [-0.05, 0) is 24.3 Å². The van der Waals surface area contributed by atoms with E-state index in [4.69, 9.17) is 5.73 Å². The van der Waals surface area contributed by atoms with Gasteiger partial charge in [-0.3, -0.25) is 0 Å². The van der Waals surface area contributed by atoms with Crippen molar-refractivity contribution in [2.75, 3.05) is 5.06 Å². The number of rotatable bonds is 1. The number of hydroxylamine groups is 1. The Labute approximate surface area is 97.7 Å². The number of urea groups is 1. The van der Waals surface area contributed by atoms with E-state index in [1.807, 2.05) is 0 Å². The van der Waals surface area contributed by atoms with Gasteiger partial charge in [-0.15, -0.1) is 5.06 Å². The molecular formula is C9H6F4N2O3. The standard InChI is InChI=1S/C9H6F4N2O3/c10-5-1-3-6(4-2-5)15(8(14)17)18-7(16)9(11,12)13/h1-4H,(H2,14,17). The molecule has 1 aromatic carbocycles. The van der Waals surface area contributed by atoms with E-state index < -0.39 is 24.0 Å². The van der Waals surface area contributed by atoms with E-state index in [0.717, 1.165) is 24.3 Å². The number of carbonyl (C=O) groups excluding carboxylic acids is 2. The van der Waals surface area contributed by atoms with E-state index in [1.54, 1.807) is 0 Å². The van der Waals surface area contributed by atoms with Crippen LogP contribution >= 0.6 is 0 Å². The highest BCUT2D eigenvalue weighted by Crippen LogP contribution is 2.21. The summed E-state index contributed by atoms with van der Waals surface area (Å²) in [6.07, 6.45) is -5.28. The third-order valence-corrected chi connectivity index (χ3v) is 1.67. The maximum absolute atomic E-state index is 12.6. The number of carbonyl (C=O) groups is 2. The lowest BCUT2D eigenvalue weighted by Gasteiger charge is -2.19. The van der Waals surface area contributed by atoms with Gasteiger partial charge in [-0.25, -0.2) is 14.0 Å². The fourth-order valence-electron chi connectivity index (χ4n) is 0.936. The van der Waals surface area contributed by atoms with E-state index >= 15 is 0 Å². The Balaban J connectivity index is 2.94. The lowest BCUT2D eigenvalue weighted by Crippen LogP contribution is -2.41. The number of benzene rings is 1. The van der Waals surface area contributed by atoms with Crippen LogP contribution in [-0.2, 0) is 9.63 Å². The summed E-state index contributed by atoms with van der Waals surface area (Å²) in [6.45, 7) is 0. The van der Waals surface area contributed by atoms with Gasteiger partial charge < -0.3 is 10.6 Å². The summed E-state index contributed by atoms with van der Waals surface area (Å²) in [5.74, 6) is -3.31. The minimum atomic E-state index is -5.28. The average Bonchev–Trinajstić information content (AvgIpc) is 2.25. The summed E-state index contributed by atoms with van der Waals surface area (Å²) in [7, 11) is 0. The molecule has 0 unspecified atom stereocenters. The lowest BCUT2D eigenvalue weighted by molar-refractivity contribution is -0.199. The minimum absolute atomic E-state index is 0.0880. The van der Waals surface area contributed by atoms with Crippen LogP contribution < -0.4 is 10.8 Å². The van der Waals surface area contributed by atoms with Crippen LogP contribution in [0, 0.1) is 5.82 Å². The number of amides is 2. The highest BCUT2D eigenvalue weighted by Gasteiger charge is 2.43. The van der Waals surface area contributed by atoms with Gasteiger partial charge in [0.2, 0.25) is 0 Å². The molecule has 5 nitrogen and oxygen atoms in total. The van der Waals surface area contributed by atoms with Crippen LogP contribution in [0.3, 0.4) is 0 Å². The highest BCUT2D eigenvalue weighted by atomic mass is 19.4. The van der Waals surface area contributed by atoms with Crippen molar-refractivity contribution in [2.24, 2.45) is 5.73 Å². The molecule has 0 heterocycles. The third kappa shape index (κ3) is 3.34. The summed E-state index contributed by atoms with van der Waals surface area (Å²) < 4.78 is 48.4. The predicted molar refractivity (Wildman–Crippen MR) is 50.6 cm³/mol. The number of nitrogens with two attached hydrogens (primary N) is 1. The van der Waals surface area contributed by atoms with Crippen LogP contribution in [0.5, 0.6) is 0 Å². The number of alkyl halides is 3. The number of anilines is 1. The molecule has 2 N–H and O–H groups in total. The molecule has 1 rings (SSSR count). The van der Waals surface area contributed by atoms with Crippen molar-refractivity contribution in [2.45, 2.75) is 6.18 Å². The Morgan fingerprint density at radius 1 is 1.17 bits per heavy atom. The normalized spacial score (nSPS) is 10.9. The molecule has 0 fully saturated rings. The van der Waals surface area contributed by atoms with Gasteiger partial charge in [-0.2, -0.15) is 13.2 Å². The van der Waals surface area contributed by atoms with Crippen molar-refractivity contribution in [3.8, 4) is 0 Å². The average molecular weight is 266 g/mol. The molecule has 0 radical (unpaired) electrons. The zero-order chi connectivity index (χ0) is 13.9. The largest absolute Gasteiger partial charge is 0.493 e. The SMILES string of the molecule is NC(=O)N(OC(=O)C(F)(F)F)c1ccc(F)cc1. The van der Waals surface area contributed by atoms with E-state index in [1.165, 1.54) is 0 Å². The Morgan fingerprint density at radius 2 is 1.67 bits per heavy atom. The summed E-state index contributed by atoms with van der Waals surface area (Å²) in [5, 5.41) is -0.0880. The molecule has 18 heavy (non-hydrogen) atoms. The first-order chi connectivity index (χ1) is 8.21. The Hall–Kier alpha value is -2.32. The van der Waals surface area contributed by atoms with Gasteiger partial charge in [-0.1, -0.05) is 0 Å². The van der Waals surface area contributed by atoms with E-state index in [-0.39, 0.29) is 10.8 Å². The van der Waals surface area contributed by atoms with Crippen LogP contribution in [0.15, 0.2) is 24.3 Å². The second kappa shape index (κ2) is 4.90. The van der Waals surface area contributed by atoms with Crippen molar-refractivity contribution in [1.29, 1.82) is 0 Å². The Kier molecular flexibility index (Phi) is 3.74. The first-order valence-corrected chi connectivity index (χ1v) is 4.36. The summed E-state index contributed by atoms with van der Waals surface area (Å²) in [5.41, 5.74) is 4.43. The minimum Gasteiger partial charge on any atom is -0.349 e. The van der Waals surface area contributed by atoms with E-state index in [9.17, 15) is 27.2 Å². The quantitative estimate of drug-likeness (QED) is 0.621. The first kappa shape index (κ1) is 13.7. The second-order valence-electron chi connectivity index (χ2n) is 2.99. The molecule has 0 spiro atoms. The van der Waals surface area contributed by atoms with Gasteiger partial charge in [0.25, 0.3) is 0 Å². The molecule has 0 atom stereocenters. The van der Waals surface area contributed by atoms with Gasteiger partial charge >= 0.3 is 18.2 Å². The number of primary amides is 1. The molecule has 0 saturated heterocycles. The zero-order valence-electron chi connectivity index (χ0n) is 8.57. The number of nitrogens with zero attached hydrogens (tertiary/aromatic N) is 1. The molecule has 0 aromatic heterocycles. The van der Waals surface area contributed by atoms with Crippen LogP contribution in [0.1, 0.15) is 0 Å². The highest BCUT2D eigenvalue weighted by molar-refractivity contribution is 5.91. The van der Waals surface area contributed by atoms with Crippen molar-refractivity contribution in [3.63, 3.8) is 0 Å². The number of hydrogen-bond donors (Lipinski definition) is 1. The van der Waals surface area contributed by atoms with Crippen molar-refractivity contribution < 1.29 is 32.0 Å². The first-order valence-electron chi connectivity index (χ1n) is 4.36. The summed E-state index contributed by atoms with van der Waals surface area (Å²) in [4.78, 5) is 25.2. The molecule has 2 amide bonds. The van der Waals surface area contributed by atoms with Crippen LogP contribution in [0.2, 0.25) is 0 Å². The van der Waals surface area contributed by atoms with Crippen LogP contribution in [0.4, 0.5) is 28.0 Å².